The molecule has 1 aromatic carbocycles. The highest BCUT2D eigenvalue weighted by molar-refractivity contribution is 8.14. The Balaban J connectivity index is 1.75. The van der Waals surface area contributed by atoms with Crippen LogP contribution in [0.5, 0.6) is 0 Å². The van der Waals surface area contributed by atoms with E-state index in [1.54, 1.807) is 4.90 Å². The van der Waals surface area contributed by atoms with E-state index in [4.69, 9.17) is 9.47 Å². The summed E-state index contributed by atoms with van der Waals surface area (Å²) in [4.78, 5) is 6.30. The van der Waals surface area contributed by atoms with Crippen molar-refractivity contribution in [3.05, 3.63) is 35.9 Å². The lowest BCUT2D eigenvalue weighted by atomic mass is 9.97. The number of alkyl halides is 3. The second-order valence-electron chi connectivity index (χ2n) is 6.52. The molecule has 0 bridgehead atoms. The largest absolute Gasteiger partial charge is 0.417 e. The number of fused-ring (bicyclic) bond motifs is 1. The van der Waals surface area contributed by atoms with E-state index in [1.165, 1.54) is 11.8 Å². The van der Waals surface area contributed by atoms with E-state index in [-0.39, 0.29) is 19.1 Å². The number of rotatable bonds is 4. The van der Waals surface area contributed by atoms with Gasteiger partial charge >= 0.3 is 6.18 Å². The minimum atomic E-state index is -4.78. The van der Waals surface area contributed by atoms with Gasteiger partial charge in [0.1, 0.15) is 11.5 Å². The summed E-state index contributed by atoms with van der Waals surface area (Å²) < 4.78 is 50.6. The third kappa shape index (κ3) is 4.33. The van der Waals surface area contributed by atoms with E-state index < -0.39 is 29.9 Å². The highest BCUT2D eigenvalue weighted by Gasteiger charge is 2.53. The van der Waals surface area contributed by atoms with Crippen molar-refractivity contribution in [3.63, 3.8) is 0 Å². The maximum atomic E-state index is 13.1. The number of hydrogen-bond acceptors (Lipinski definition) is 6. The van der Waals surface area contributed by atoms with Crippen LogP contribution < -0.4 is 0 Å². The monoisotopic (exact) mass is 390 g/mol. The van der Waals surface area contributed by atoms with Crippen LogP contribution in [0.4, 0.5) is 13.2 Å². The molecule has 0 saturated carbocycles. The quantitative estimate of drug-likeness (QED) is 0.857. The molecule has 26 heavy (non-hydrogen) atoms. The first-order valence-corrected chi connectivity index (χ1v) is 9.11. The Labute approximate surface area is 154 Å². The highest BCUT2D eigenvalue weighted by Crippen LogP contribution is 2.40. The van der Waals surface area contributed by atoms with E-state index in [9.17, 15) is 18.3 Å². The molecule has 1 saturated heterocycles. The molecule has 2 heterocycles. The summed E-state index contributed by atoms with van der Waals surface area (Å²) in [6.07, 6.45) is -9.50. The zero-order chi connectivity index (χ0) is 18.9. The third-order valence-corrected chi connectivity index (χ3v) is 5.62. The molecule has 0 aliphatic carbocycles. The molecule has 1 aromatic rings. The summed E-state index contributed by atoms with van der Waals surface area (Å²) in [5.41, 5.74) is 0.291. The summed E-state index contributed by atoms with van der Waals surface area (Å²) in [6, 6.07) is 8.87. The maximum absolute atomic E-state index is 13.1. The summed E-state index contributed by atoms with van der Waals surface area (Å²) in [6.45, 7) is 0.144. The van der Waals surface area contributed by atoms with Crippen molar-refractivity contribution in [2.45, 2.75) is 49.0 Å². The number of benzene rings is 1. The van der Waals surface area contributed by atoms with E-state index in [0.717, 1.165) is 5.56 Å². The van der Waals surface area contributed by atoms with Gasteiger partial charge in [0, 0.05) is 20.5 Å². The maximum Gasteiger partial charge on any atom is 0.417 e. The van der Waals surface area contributed by atoms with Gasteiger partial charge in [0.15, 0.2) is 11.3 Å². The first-order chi connectivity index (χ1) is 12.3. The zero-order valence-electron chi connectivity index (χ0n) is 14.4. The first kappa shape index (κ1) is 19.5. The molecule has 2 aliphatic rings. The number of aliphatic hydroxyl groups is 1. The zero-order valence-corrected chi connectivity index (χ0v) is 15.2. The topological polar surface area (TPSA) is 54.3 Å². The van der Waals surface area contributed by atoms with E-state index >= 15 is 0 Å². The summed E-state index contributed by atoms with van der Waals surface area (Å²) >= 11 is 1.27. The Morgan fingerprint density at radius 2 is 2.04 bits per heavy atom. The summed E-state index contributed by atoms with van der Waals surface area (Å²) in [5, 5.41) is 10.5. The lowest BCUT2D eigenvalue weighted by molar-refractivity contribution is -0.265. The number of aliphatic imine (C=N–C) groups is 1. The number of ether oxygens (including phenoxy) is 2. The average Bonchev–Trinajstić information content (AvgIpc) is 3.02. The Morgan fingerprint density at radius 1 is 1.35 bits per heavy atom. The highest BCUT2D eigenvalue weighted by atomic mass is 32.2. The van der Waals surface area contributed by atoms with Gasteiger partial charge in [-0.2, -0.15) is 13.2 Å². The number of halogens is 3. The molecule has 9 heteroatoms. The molecule has 0 spiro atoms. The second-order valence-corrected chi connectivity index (χ2v) is 7.58. The lowest BCUT2D eigenvalue weighted by Gasteiger charge is -2.39. The number of amidine groups is 1. The van der Waals surface area contributed by atoms with Gasteiger partial charge in [-0.15, -0.1) is 0 Å². The molecule has 0 aromatic heterocycles. The molecular formula is C17H21F3N2O3S. The fourth-order valence-corrected chi connectivity index (χ4v) is 4.07. The van der Waals surface area contributed by atoms with Crippen LogP contribution in [0.2, 0.25) is 0 Å². The number of hydrogen-bond donors (Lipinski definition) is 1. The molecule has 1 fully saturated rings. The van der Waals surface area contributed by atoms with Gasteiger partial charge in [0.25, 0.3) is 0 Å². The van der Waals surface area contributed by atoms with Crippen LogP contribution in [0.3, 0.4) is 0 Å². The second kappa shape index (κ2) is 7.75. The smallest absolute Gasteiger partial charge is 0.381 e. The molecule has 144 valence electrons. The minimum Gasteiger partial charge on any atom is -0.381 e. The van der Waals surface area contributed by atoms with E-state index in [1.807, 2.05) is 44.4 Å². The van der Waals surface area contributed by atoms with Gasteiger partial charge in [-0.25, -0.2) is 0 Å². The molecule has 3 rings (SSSR count). The standard InChI is InChI=1S/C17H21F3N2O3S/c1-22(2)16-21-11-8-12(24-9-10-6-4-3-5-7-10)13(25-15(11)26-16)14(23)17(18,19)20/h3-7,11-15,23H,8-9H2,1-2H3/t11-,12+,13+,14?,15-/m1/s1. The molecule has 1 unspecified atom stereocenters. The predicted octanol–water partition coefficient (Wildman–Crippen LogP) is 2.64. The first-order valence-electron chi connectivity index (χ1n) is 8.23. The van der Waals surface area contributed by atoms with Gasteiger partial charge in [0.05, 0.1) is 18.8 Å². The Hall–Kier alpha value is -1.29. The fraction of sp³-hybridized carbons (Fsp3) is 0.588. The van der Waals surface area contributed by atoms with Crippen molar-refractivity contribution in [1.29, 1.82) is 0 Å². The Morgan fingerprint density at radius 3 is 2.65 bits per heavy atom. The van der Waals surface area contributed by atoms with Crippen LogP contribution in [0.25, 0.3) is 0 Å². The summed E-state index contributed by atoms with van der Waals surface area (Å²) in [7, 11) is 3.63. The third-order valence-electron chi connectivity index (χ3n) is 4.28. The molecule has 5 nitrogen and oxygen atoms in total. The van der Waals surface area contributed by atoms with E-state index in [2.05, 4.69) is 4.99 Å². The van der Waals surface area contributed by atoms with Crippen LogP contribution in [0.15, 0.2) is 35.3 Å². The predicted molar refractivity (Wildman–Crippen MR) is 92.9 cm³/mol. The van der Waals surface area contributed by atoms with Gasteiger partial charge in [0.2, 0.25) is 0 Å². The van der Waals surface area contributed by atoms with Gasteiger partial charge in [-0.05, 0) is 5.56 Å². The van der Waals surface area contributed by atoms with Crippen LogP contribution in [0, 0.1) is 0 Å². The Kier molecular flexibility index (Phi) is 5.81. The van der Waals surface area contributed by atoms with Crippen molar-refractivity contribution in [3.8, 4) is 0 Å². The minimum absolute atomic E-state index is 0.144. The molecule has 5 atom stereocenters. The lowest BCUT2D eigenvalue weighted by Crippen LogP contribution is -2.55. The van der Waals surface area contributed by atoms with Crippen LogP contribution in [-0.2, 0) is 16.1 Å². The fourth-order valence-electron chi connectivity index (χ4n) is 2.94. The van der Waals surface area contributed by atoms with Gasteiger partial charge in [-0.3, -0.25) is 4.99 Å². The van der Waals surface area contributed by atoms with Gasteiger partial charge < -0.3 is 19.5 Å². The number of nitrogens with zero attached hydrogens (tertiary/aromatic N) is 2. The van der Waals surface area contributed by atoms with Crippen LogP contribution >= 0.6 is 11.8 Å². The molecule has 0 amide bonds. The molecule has 0 radical (unpaired) electrons. The molecular weight excluding hydrogens is 369 g/mol. The molecule has 2 aliphatic heterocycles. The van der Waals surface area contributed by atoms with E-state index in [0.29, 0.717) is 5.17 Å². The van der Waals surface area contributed by atoms with Crippen molar-refractivity contribution in [1.82, 2.24) is 4.90 Å². The average molecular weight is 390 g/mol. The van der Waals surface area contributed by atoms with Crippen molar-refractivity contribution in [2.24, 2.45) is 4.99 Å². The summed E-state index contributed by atoms with van der Waals surface area (Å²) in [5.74, 6) is 0. The van der Waals surface area contributed by atoms with Crippen LogP contribution in [-0.4, -0.2) is 65.2 Å². The Bertz CT molecular complexity index is 642. The number of thioether (sulfide) groups is 1. The van der Waals surface area contributed by atoms with Crippen molar-refractivity contribution >= 4 is 16.9 Å². The number of aliphatic hydroxyl groups excluding tert-OH is 1. The normalized spacial score (nSPS) is 29.8. The van der Waals surface area contributed by atoms with Crippen molar-refractivity contribution < 1.29 is 27.8 Å². The van der Waals surface area contributed by atoms with Crippen LogP contribution in [0.1, 0.15) is 12.0 Å². The van der Waals surface area contributed by atoms with Gasteiger partial charge in [-0.1, -0.05) is 42.1 Å². The SMILES string of the molecule is CN(C)C1=N[C@@H]2C[C@H](OCc3ccccc3)[C@@H](C(O)C(F)(F)F)O[C@@H]2S1. The van der Waals surface area contributed by atoms with Crippen molar-refractivity contribution in [2.75, 3.05) is 14.1 Å². The molecule has 1 N–H and O–H groups in total.